The highest BCUT2D eigenvalue weighted by Crippen LogP contribution is 2.26. The van der Waals surface area contributed by atoms with Gasteiger partial charge in [0, 0.05) is 24.8 Å². The van der Waals surface area contributed by atoms with E-state index in [1.54, 1.807) is 24.1 Å². The van der Waals surface area contributed by atoms with Gasteiger partial charge in [-0.2, -0.15) is 15.5 Å². The van der Waals surface area contributed by atoms with Crippen molar-refractivity contribution in [3.63, 3.8) is 0 Å². The Morgan fingerprint density at radius 1 is 1.24 bits per heavy atom. The summed E-state index contributed by atoms with van der Waals surface area (Å²) in [5.41, 5.74) is 1.51. The summed E-state index contributed by atoms with van der Waals surface area (Å²) in [5.74, 6) is 4.95. The average molecular weight is 563 g/mol. The molecule has 0 atom stereocenters. The minimum Gasteiger partial charge on any atom is -0.483 e. The predicted octanol–water partition coefficient (Wildman–Crippen LogP) is 3.52. The van der Waals surface area contributed by atoms with Crippen LogP contribution in [0, 0.1) is 17.1 Å². The maximum Gasteiger partial charge on any atom is 0.410 e. The number of Topliss-reactive ketones (excluding diaryl/α,β-unsaturated/α-hetero) is 1. The Balaban J connectivity index is 1.54. The zero-order valence-corrected chi connectivity index (χ0v) is 23.3. The number of hydrogen-bond donors (Lipinski definition) is 1. The van der Waals surface area contributed by atoms with Crippen LogP contribution in [0.5, 0.6) is 5.75 Å². The number of aliphatic imine (C=N–C) groups is 1. The second-order valence-electron chi connectivity index (χ2n) is 10.5. The quantitative estimate of drug-likeness (QED) is 0.198. The first-order chi connectivity index (χ1) is 19.5. The number of nitriles is 1. The van der Waals surface area contributed by atoms with Gasteiger partial charge in [-0.1, -0.05) is 0 Å². The van der Waals surface area contributed by atoms with Gasteiger partial charge in [0.05, 0.1) is 24.1 Å². The van der Waals surface area contributed by atoms with E-state index in [-0.39, 0.29) is 29.1 Å². The molecule has 1 fully saturated rings. The molecule has 12 nitrogen and oxygen atoms in total. The SMILES string of the molecule is CC(=NC1CCN(C(=O)OC(C)(C)C)CC1)/C(=N\N)c1cc(OCC(=O)c2ccc(F)cn2)c2c(C#N)cnn2c1. The third-order valence-electron chi connectivity index (χ3n) is 6.31. The van der Waals surface area contributed by atoms with Gasteiger partial charge in [0.15, 0.2) is 6.61 Å². The number of rotatable bonds is 7. The molecule has 41 heavy (non-hydrogen) atoms. The van der Waals surface area contributed by atoms with Crippen LogP contribution in [0.25, 0.3) is 5.52 Å². The highest BCUT2D eigenvalue weighted by Gasteiger charge is 2.27. The molecule has 0 bridgehead atoms. The van der Waals surface area contributed by atoms with Crippen LogP contribution < -0.4 is 10.6 Å². The van der Waals surface area contributed by atoms with E-state index in [1.165, 1.54) is 16.8 Å². The number of amides is 1. The van der Waals surface area contributed by atoms with Crippen molar-refractivity contribution >= 4 is 28.8 Å². The molecular formula is C28H31FN8O4. The van der Waals surface area contributed by atoms with Crippen molar-refractivity contribution in [3.05, 3.63) is 59.4 Å². The van der Waals surface area contributed by atoms with Crippen molar-refractivity contribution in [1.29, 1.82) is 5.26 Å². The molecule has 0 aliphatic carbocycles. The van der Waals surface area contributed by atoms with Crippen LogP contribution in [-0.4, -0.2) is 74.1 Å². The number of ether oxygens (including phenoxy) is 2. The number of carbonyl (C=O) groups excluding carboxylic acids is 2. The van der Waals surface area contributed by atoms with Gasteiger partial charge in [-0.15, -0.1) is 0 Å². The largest absolute Gasteiger partial charge is 0.483 e. The summed E-state index contributed by atoms with van der Waals surface area (Å²) in [6.07, 6.45) is 4.92. The number of nitrogens with two attached hydrogens (primary N) is 1. The molecule has 1 aliphatic rings. The molecule has 4 heterocycles. The number of ketones is 1. The zero-order chi connectivity index (χ0) is 29.7. The number of nitrogens with zero attached hydrogens (tertiary/aromatic N) is 7. The maximum absolute atomic E-state index is 13.2. The molecule has 214 valence electrons. The summed E-state index contributed by atoms with van der Waals surface area (Å²) >= 11 is 0. The number of piperidine rings is 1. The molecule has 0 aromatic carbocycles. The lowest BCUT2D eigenvalue weighted by Crippen LogP contribution is -2.42. The topological polar surface area (TPSA) is 161 Å². The number of hydrogen-bond acceptors (Lipinski definition) is 10. The van der Waals surface area contributed by atoms with Gasteiger partial charge in [0.2, 0.25) is 5.78 Å². The number of halogens is 1. The molecule has 1 saturated heterocycles. The minimum atomic E-state index is -0.563. The van der Waals surface area contributed by atoms with Crippen molar-refractivity contribution < 1.29 is 23.5 Å². The first-order valence-corrected chi connectivity index (χ1v) is 13.0. The molecule has 3 aromatic rings. The highest BCUT2D eigenvalue weighted by atomic mass is 19.1. The van der Waals surface area contributed by atoms with Crippen molar-refractivity contribution in [2.45, 2.75) is 52.2 Å². The third kappa shape index (κ3) is 7.02. The molecule has 4 rings (SSSR count). The van der Waals surface area contributed by atoms with E-state index in [0.29, 0.717) is 48.4 Å². The minimum absolute atomic E-state index is 0.0393. The summed E-state index contributed by atoms with van der Waals surface area (Å²) in [4.78, 5) is 35.3. The fraction of sp³-hybridized carbons (Fsp3) is 0.393. The first-order valence-electron chi connectivity index (χ1n) is 13.0. The predicted molar refractivity (Wildman–Crippen MR) is 149 cm³/mol. The lowest BCUT2D eigenvalue weighted by Gasteiger charge is -2.32. The van der Waals surface area contributed by atoms with E-state index >= 15 is 0 Å². The Bertz CT molecular complexity index is 1540. The molecule has 1 amide bonds. The summed E-state index contributed by atoms with van der Waals surface area (Å²) < 4.78 is 25.9. The smallest absolute Gasteiger partial charge is 0.410 e. The summed E-state index contributed by atoms with van der Waals surface area (Å²) in [7, 11) is 0. The first kappa shape index (κ1) is 29.1. The van der Waals surface area contributed by atoms with Crippen molar-refractivity contribution in [3.8, 4) is 11.8 Å². The second-order valence-corrected chi connectivity index (χ2v) is 10.5. The molecule has 0 radical (unpaired) electrons. The Morgan fingerprint density at radius 3 is 2.59 bits per heavy atom. The highest BCUT2D eigenvalue weighted by molar-refractivity contribution is 6.47. The van der Waals surface area contributed by atoms with E-state index in [0.717, 1.165) is 12.3 Å². The monoisotopic (exact) mass is 562 g/mol. The van der Waals surface area contributed by atoms with Crippen LogP contribution in [0.3, 0.4) is 0 Å². The van der Waals surface area contributed by atoms with Crippen LogP contribution in [0.4, 0.5) is 9.18 Å². The fourth-order valence-electron chi connectivity index (χ4n) is 4.38. The van der Waals surface area contributed by atoms with Crippen molar-refractivity contribution in [2.24, 2.45) is 15.9 Å². The number of carbonyl (C=O) groups is 2. The van der Waals surface area contributed by atoms with Gasteiger partial charge < -0.3 is 20.2 Å². The Labute approximate surface area is 236 Å². The number of likely N-dealkylation sites (tertiary alicyclic amines) is 1. The number of pyridine rings is 2. The van der Waals surface area contributed by atoms with Gasteiger partial charge in [-0.3, -0.25) is 9.79 Å². The van der Waals surface area contributed by atoms with Crippen LogP contribution >= 0.6 is 0 Å². The fourth-order valence-corrected chi connectivity index (χ4v) is 4.38. The Kier molecular flexibility index (Phi) is 8.61. The van der Waals surface area contributed by atoms with Gasteiger partial charge >= 0.3 is 6.09 Å². The Morgan fingerprint density at radius 2 is 1.98 bits per heavy atom. The second kappa shape index (κ2) is 12.1. The van der Waals surface area contributed by atoms with Gasteiger partial charge in [0.25, 0.3) is 0 Å². The lowest BCUT2D eigenvalue weighted by atomic mass is 10.0. The molecule has 0 unspecified atom stereocenters. The maximum atomic E-state index is 13.2. The average Bonchev–Trinajstić information content (AvgIpc) is 3.35. The van der Waals surface area contributed by atoms with E-state index < -0.39 is 23.8 Å². The zero-order valence-electron chi connectivity index (χ0n) is 23.3. The van der Waals surface area contributed by atoms with Gasteiger partial charge in [-0.25, -0.2) is 18.7 Å². The van der Waals surface area contributed by atoms with E-state index in [1.807, 2.05) is 20.8 Å². The molecule has 3 aromatic heterocycles. The molecule has 1 aliphatic heterocycles. The number of aromatic nitrogens is 3. The van der Waals surface area contributed by atoms with Gasteiger partial charge in [-0.05, 0) is 58.7 Å². The van der Waals surface area contributed by atoms with Gasteiger partial charge in [0.1, 0.15) is 45.7 Å². The number of fused-ring (bicyclic) bond motifs is 1. The molecular weight excluding hydrogens is 531 g/mol. The lowest BCUT2D eigenvalue weighted by molar-refractivity contribution is 0.0207. The summed E-state index contributed by atoms with van der Waals surface area (Å²) in [6.45, 7) is 7.89. The van der Waals surface area contributed by atoms with Crippen LogP contribution in [0.2, 0.25) is 0 Å². The molecule has 13 heteroatoms. The van der Waals surface area contributed by atoms with E-state index in [9.17, 15) is 19.2 Å². The molecule has 2 N–H and O–H groups in total. The number of hydrazone groups is 1. The molecule has 0 saturated carbocycles. The van der Waals surface area contributed by atoms with E-state index in [4.69, 9.17) is 20.3 Å². The third-order valence-corrected chi connectivity index (χ3v) is 6.31. The van der Waals surface area contributed by atoms with Crippen LogP contribution in [0.15, 0.2) is 46.9 Å². The van der Waals surface area contributed by atoms with Crippen LogP contribution in [-0.2, 0) is 4.74 Å². The normalized spacial score (nSPS) is 15.1. The van der Waals surface area contributed by atoms with Crippen molar-refractivity contribution in [1.82, 2.24) is 19.5 Å². The Hall–Kier alpha value is -4.86. The van der Waals surface area contributed by atoms with Crippen LogP contribution in [0.1, 0.15) is 62.2 Å². The summed E-state index contributed by atoms with van der Waals surface area (Å²) in [6, 6.07) is 6.02. The van der Waals surface area contributed by atoms with Crippen molar-refractivity contribution in [2.75, 3.05) is 19.7 Å². The summed E-state index contributed by atoms with van der Waals surface area (Å²) in [5, 5.41) is 17.8. The van der Waals surface area contributed by atoms with E-state index in [2.05, 4.69) is 21.3 Å². The molecule has 0 spiro atoms. The standard InChI is InChI=1S/C28H31FN8O4/c1-17(34-21-7-9-36(10-8-21)27(39)41-28(2,3)4)25(35-31)18-11-24(26-19(12-30)13-33-37(26)15-18)40-16-23(38)22-6-5-20(29)14-32-22/h5-6,11,13-15,21H,7-10,16,31H2,1-4H3/b34-17?,35-25+.